The van der Waals surface area contributed by atoms with Crippen molar-refractivity contribution in [3.8, 4) is 17.1 Å². The molecule has 0 spiro atoms. The fourth-order valence-corrected chi connectivity index (χ4v) is 2.88. The van der Waals surface area contributed by atoms with Gasteiger partial charge in [-0.2, -0.15) is 0 Å². The van der Waals surface area contributed by atoms with E-state index in [9.17, 15) is 9.59 Å². The molecule has 3 rings (SSSR count). The Bertz CT molecular complexity index is 797. The summed E-state index contributed by atoms with van der Waals surface area (Å²) in [5, 5.41) is 6.60. The molecular formula is C19H24N4O4. The molecule has 0 saturated carbocycles. The Morgan fingerprint density at radius 1 is 1.22 bits per heavy atom. The van der Waals surface area contributed by atoms with Gasteiger partial charge in [0.05, 0.1) is 25.8 Å². The van der Waals surface area contributed by atoms with E-state index in [-0.39, 0.29) is 24.8 Å². The van der Waals surface area contributed by atoms with Gasteiger partial charge in [-0.05, 0) is 19.2 Å². The van der Waals surface area contributed by atoms with Crippen molar-refractivity contribution in [1.29, 1.82) is 0 Å². The molecule has 1 N–H and O–H groups in total. The second-order valence-electron chi connectivity index (χ2n) is 6.55. The first kappa shape index (κ1) is 18.9. The Balaban J connectivity index is 1.50. The Labute approximate surface area is 158 Å². The minimum atomic E-state index is -0.261. The van der Waals surface area contributed by atoms with E-state index >= 15 is 0 Å². The average molecular weight is 372 g/mol. The molecular weight excluding hydrogens is 348 g/mol. The molecule has 144 valence electrons. The summed E-state index contributed by atoms with van der Waals surface area (Å²) >= 11 is 0. The van der Waals surface area contributed by atoms with E-state index in [1.54, 1.807) is 18.1 Å². The SMILES string of the molecule is COc1cccc(-c2cc(CC(=O)NCC(=O)N3CCN(C)CC3)no2)c1. The maximum absolute atomic E-state index is 12.2. The lowest BCUT2D eigenvalue weighted by Gasteiger charge is -2.32. The van der Waals surface area contributed by atoms with Crippen LogP contribution in [0.1, 0.15) is 5.69 Å². The van der Waals surface area contributed by atoms with Crippen molar-refractivity contribution in [3.05, 3.63) is 36.0 Å². The van der Waals surface area contributed by atoms with Crippen LogP contribution < -0.4 is 10.1 Å². The molecule has 8 nitrogen and oxygen atoms in total. The Morgan fingerprint density at radius 2 is 2.00 bits per heavy atom. The minimum Gasteiger partial charge on any atom is -0.497 e. The first-order chi connectivity index (χ1) is 13.0. The number of carbonyl (C=O) groups excluding carboxylic acids is 2. The van der Waals surface area contributed by atoms with Crippen molar-refractivity contribution in [3.63, 3.8) is 0 Å². The van der Waals surface area contributed by atoms with Gasteiger partial charge in [-0.25, -0.2) is 0 Å². The van der Waals surface area contributed by atoms with Crippen molar-refractivity contribution in [1.82, 2.24) is 20.3 Å². The van der Waals surface area contributed by atoms with E-state index in [1.165, 1.54) is 0 Å². The van der Waals surface area contributed by atoms with Crippen LogP contribution >= 0.6 is 0 Å². The number of methoxy groups -OCH3 is 1. The molecule has 0 atom stereocenters. The van der Waals surface area contributed by atoms with Gasteiger partial charge in [0, 0.05) is 37.8 Å². The van der Waals surface area contributed by atoms with E-state index in [1.807, 2.05) is 31.3 Å². The Hall–Kier alpha value is -2.87. The van der Waals surface area contributed by atoms with Crippen LogP contribution in [-0.4, -0.2) is 73.7 Å². The van der Waals surface area contributed by atoms with Crippen LogP contribution in [0, 0.1) is 0 Å². The quantitative estimate of drug-likeness (QED) is 0.806. The monoisotopic (exact) mass is 372 g/mol. The highest BCUT2D eigenvalue weighted by molar-refractivity contribution is 5.85. The summed E-state index contributed by atoms with van der Waals surface area (Å²) in [4.78, 5) is 28.2. The smallest absolute Gasteiger partial charge is 0.242 e. The van der Waals surface area contributed by atoms with Crippen LogP contribution in [0.15, 0.2) is 34.9 Å². The van der Waals surface area contributed by atoms with Gasteiger partial charge in [0.2, 0.25) is 11.8 Å². The topological polar surface area (TPSA) is 87.9 Å². The number of amides is 2. The highest BCUT2D eigenvalue weighted by atomic mass is 16.5. The molecule has 0 bridgehead atoms. The number of aromatic nitrogens is 1. The molecule has 1 aliphatic rings. The fraction of sp³-hybridized carbons (Fsp3) is 0.421. The number of hydrogen-bond acceptors (Lipinski definition) is 6. The van der Waals surface area contributed by atoms with Gasteiger partial charge in [-0.1, -0.05) is 17.3 Å². The molecule has 0 radical (unpaired) electrons. The Morgan fingerprint density at radius 3 is 2.74 bits per heavy atom. The molecule has 0 aliphatic carbocycles. The number of carbonyl (C=O) groups is 2. The van der Waals surface area contributed by atoms with Crippen molar-refractivity contribution in [2.24, 2.45) is 0 Å². The maximum atomic E-state index is 12.2. The van der Waals surface area contributed by atoms with Gasteiger partial charge in [-0.15, -0.1) is 0 Å². The average Bonchev–Trinajstić information content (AvgIpc) is 3.15. The number of benzene rings is 1. The highest BCUT2D eigenvalue weighted by Crippen LogP contribution is 2.24. The molecule has 2 amide bonds. The molecule has 2 heterocycles. The molecule has 1 aliphatic heterocycles. The molecule has 1 saturated heterocycles. The predicted molar refractivity (Wildman–Crippen MR) is 99.3 cm³/mol. The summed E-state index contributed by atoms with van der Waals surface area (Å²) in [5.41, 5.74) is 1.33. The van der Waals surface area contributed by atoms with Crippen LogP contribution in [0.5, 0.6) is 5.75 Å². The van der Waals surface area contributed by atoms with Crippen molar-refractivity contribution in [2.75, 3.05) is 46.9 Å². The van der Waals surface area contributed by atoms with E-state index < -0.39 is 0 Å². The summed E-state index contributed by atoms with van der Waals surface area (Å²) in [5.74, 6) is 0.951. The molecule has 0 unspecified atom stereocenters. The summed E-state index contributed by atoms with van der Waals surface area (Å²) in [6, 6.07) is 9.12. The van der Waals surface area contributed by atoms with Gasteiger partial charge < -0.3 is 24.4 Å². The summed E-state index contributed by atoms with van der Waals surface area (Å²) in [7, 11) is 3.62. The maximum Gasteiger partial charge on any atom is 0.242 e. The van der Waals surface area contributed by atoms with Crippen LogP contribution in [0.2, 0.25) is 0 Å². The summed E-state index contributed by atoms with van der Waals surface area (Å²) in [6.45, 7) is 3.09. The second-order valence-corrected chi connectivity index (χ2v) is 6.55. The normalized spacial score (nSPS) is 14.8. The third kappa shape index (κ3) is 5.07. The zero-order chi connectivity index (χ0) is 19.2. The zero-order valence-electron chi connectivity index (χ0n) is 15.6. The molecule has 1 aromatic heterocycles. The van der Waals surface area contributed by atoms with E-state index in [4.69, 9.17) is 9.26 Å². The summed E-state index contributed by atoms with van der Waals surface area (Å²) in [6.07, 6.45) is 0.0590. The lowest BCUT2D eigenvalue weighted by Crippen LogP contribution is -2.50. The number of nitrogens with one attached hydrogen (secondary N) is 1. The summed E-state index contributed by atoms with van der Waals surface area (Å²) < 4.78 is 10.5. The van der Waals surface area contributed by atoms with E-state index in [0.717, 1.165) is 18.7 Å². The molecule has 1 aromatic carbocycles. The number of piperazine rings is 1. The number of hydrogen-bond donors (Lipinski definition) is 1. The fourth-order valence-electron chi connectivity index (χ4n) is 2.88. The number of nitrogens with zero attached hydrogens (tertiary/aromatic N) is 3. The van der Waals surface area contributed by atoms with Crippen LogP contribution in [0.3, 0.4) is 0 Å². The predicted octanol–water partition coefficient (Wildman–Crippen LogP) is 0.783. The van der Waals surface area contributed by atoms with Crippen molar-refractivity contribution in [2.45, 2.75) is 6.42 Å². The van der Waals surface area contributed by atoms with E-state index in [2.05, 4.69) is 15.4 Å². The van der Waals surface area contributed by atoms with Gasteiger partial charge in [0.15, 0.2) is 5.76 Å². The lowest BCUT2D eigenvalue weighted by molar-refractivity contribution is -0.134. The first-order valence-corrected chi connectivity index (χ1v) is 8.88. The molecule has 2 aromatic rings. The van der Waals surface area contributed by atoms with Crippen molar-refractivity contribution < 1.29 is 18.8 Å². The molecule has 27 heavy (non-hydrogen) atoms. The van der Waals surface area contributed by atoms with Crippen LogP contribution in [0.4, 0.5) is 0 Å². The molecule has 8 heteroatoms. The van der Waals surface area contributed by atoms with Gasteiger partial charge in [-0.3, -0.25) is 9.59 Å². The lowest BCUT2D eigenvalue weighted by atomic mass is 10.1. The third-order valence-corrected chi connectivity index (χ3v) is 4.55. The minimum absolute atomic E-state index is 0.00312. The van der Waals surface area contributed by atoms with Crippen LogP contribution in [0.25, 0.3) is 11.3 Å². The Kier molecular flexibility index (Phi) is 6.08. The van der Waals surface area contributed by atoms with Crippen LogP contribution in [-0.2, 0) is 16.0 Å². The number of likely N-dealkylation sites (N-methyl/N-ethyl adjacent to an activating group) is 1. The standard InChI is InChI=1S/C19H24N4O4/c1-22-6-8-23(9-7-22)19(25)13-20-18(24)12-15-11-17(27-21-15)14-4-3-5-16(10-14)26-2/h3-5,10-11H,6-9,12-13H2,1-2H3,(H,20,24). The van der Waals surface area contributed by atoms with Gasteiger partial charge >= 0.3 is 0 Å². The van der Waals surface area contributed by atoms with E-state index in [0.29, 0.717) is 30.3 Å². The number of rotatable bonds is 6. The zero-order valence-corrected chi connectivity index (χ0v) is 15.6. The van der Waals surface area contributed by atoms with Gasteiger partial charge in [0.1, 0.15) is 5.75 Å². The number of ether oxygens (including phenoxy) is 1. The third-order valence-electron chi connectivity index (χ3n) is 4.55. The first-order valence-electron chi connectivity index (χ1n) is 8.88. The highest BCUT2D eigenvalue weighted by Gasteiger charge is 2.19. The second kappa shape index (κ2) is 8.68. The largest absolute Gasteiger partial charge is 0.497 e. The van der Waals surface area contributed by atoms with Crippen molar-refractivity contribution >= 4 is 11.8 Å². The molecule has 1 fully saturated rings. The van der Waals surface area contributed by atoms with Gasteiger partial charge in [0.25, 0.3) is 0 Å².